The van der Waals surface area contributed by atoms with Crippen LogP contribution in [0.5, 0.6) is 0 Å². The van der Waals surface area contributed by atoms with Gasteiger partial charge in [-0.2, -0.15) is 0 Å². The third kappa shape index (κ3) is 3.34. The molecule has 1 aliphatic heterocycles. The van der Waals surface area contributed by atoms with Crippen molar-refractivity contribution in [1.29, 1.82) is 0 Å². The summed E-state index contributed by atoms with van der Waals surface area (Å²) in [7, 11) is 0. The second kappa shape index (κ2) is 6.90. The quantitative estimate of drug-likeness (QED) is 0.728. The topological polar surface area (TPSA) is 71.7 Å². The molecule has 0 radical (unpaired) electrons. The van der Waals surface area contributed by atoms with Crippen LogP contribution < -0.4 is 5.32 Å². The van der Waals surface area contributed by atoms with Gasteiger partial charge >= 0.3 is 5.97 Å². The minimum Gasteiger partial charge on any atom is -0.478 e. The van der Waals surface area contributed by atoms with Crippen molar-refractivity contribution in [3.63, 3.8) is 0 Å². The average Bonchev–Trinajstić information content (AvgIpc) is 3.29. The number of rotatable bonds is 5. The van der Waals surface area contributed by atoms with Gasteiger partial charge in [-0.1, -0.05) is 24.3 Å². The molecule has 1 fully saturated rings. The molecule has 0 spiro atoms. The van der Waals surface area contributed by atoms with Crippen LogP contribution in [-0.2, 0) is 11.3 Å². The van der Waals surface area contributed by atoms with E-state index in [0.717, 1.165) is 43.4 Å². The number of ether oxygens (including phenoxy) is 1. The highest BCUT2D eigenvalue weighted by Crippen LogP contribution is 2.31. The summed E-state index contributed by atoms with van der Waals surface area (Å²) in [4.78, 5) is 11.3. The van der Waals surface area contributed by atoms with Crippen LogP contribution in [0.3, 0.4) is 0 Å². The van der Waals surface area contributed by atoms with Crippen molar-refractivity contribution >= 4 is 16.9 Å². The lowest BCUT2D eigenvalue weighted by Gasteiger charge is -2.10. The van der Waals surface area contributed by atoms with Crippen LogP contribution in [0.15, 0.2) is 46.9 Å². The van der Waals surface area contributed by atoms with Gasteiger partial charge in [-0.3, -0.25) is 0 Å². The average molecular weight is 355 g/mol. The Balaban J connectivity index is 1.57. The van der Waals surface area contributed by atoms with E-state index in [1.165, 1.54) is 6.07 Å². The van der Waals surface area contributed by atoms with Crippen molar-refractivity contribution in [2.75, 3.05) is 13.2 Å². The fourth-order valence-electron chi connectivity index (χ4n) is 3.16. The van der Waals surface area contributed by atoms with Crippen molar-refractivity contribution in [1.82, 2.24) is 5.32 Å². The Labute approximate surface area is 149 Å². The van der Waals surface area contributed by atoms with E-state index in [0.29, 0.717) is 17.2 Å². The summed E-state index contributed by atoms with van der Waals surface area (Å²) in [5.74, 6) is -1.30. The second-order valence-corrected chi connectivity index (χ2v) is 6.43. The number of halogens is 1. The summed E-state index contributed by atoms with van der Waals surface area (Å²) < 4.78 is 24.7. The highest BCUT2D eigenvalue weighted by atomic mass is 19.1. The molecule has 1 saturated heterocycles. The molecule has 3 aromatic rings. The van der Waals surface area contributed by atoms with Gasteiger partial charge in [0.15, 0.2) is 0 Å². The van der Waals surface area contributed by atoms with Crippen LogP contribution >= 0.6 is 0 Å². The van der Waals surface area contributed by atoms with Gasteiger partial charge in [-0.15, -0.1) is 0 Å². The molecule has 4 rings (SSSR count). The molecule has 1 aromatic heterocycles. The van der Waals surface area contributed by atoms with Crippen molar-refractivity contribution in [3.05, 3.63) is 59.4 Å². The van der Waals surface area contributed by atoms with Gasteiger partial charge < -0.3 is 19.6 Å². The lowest BCUT2D eigenvalue weighted by atomic mass is 10.1. The number of carboxylic acid groups (broad SMARTS) is 1. The molecule has 0 saturated carbocycles. The number of furan rings is 1. The fraction of sp³-hybridized carbons (Fsp3) is 0.250. The Morgan fingerprint density at radius 3 is 2.73 bits per heavy atom. The van der Waals surface area contributed by atoms with Gasteiger partial charge in [-0.25, -0.2) is 9.18 Å². The summed E-state index contributed by atoms with van der Waals surface area (Å²) in [6.07, 6.45) is 1.03. The van der Waals surface area contributed by atoms with Crippen LogP contribution in [0, 0.1) is 5.82 Å². The van der Waals surface area contributed by atoms with Crippen molar-refractivity contribution in [2.45, 2.75) is 19.0 Å². The second-order valence-electron chi connectivity index (χ2n) is 6.43. The number of fused-ring (bicyclic) bond motifs is 1. The first-order valence-corrected chi connectivity index (χ1v) is 8.47. The Kier molecular flexibility index (Phi) is 4.44. The number of nitrogens with one attached hydrogen (secondary N) is 1. The minimum atomic E-state index is -1.22. The third-order valence-electron chi connectivity index (χ3n) is 4.57. The minimum absolute atomic E-state index is 0.175. The molecule has 0 aliphatic carbocycles. The summed E-state index contributed by atoms with van der Waals surface area (Å²) in [6, 6.07) is 12.1. The molecule has 26 heavy (non-hydrogen) atoms. The third-order valence-corrected chi connectivity index (χ3v) is 4.57. The fourth-order valence-corrected chi connectivity index (χ4v) is 3.16. The van der Waals surface area contributed by atoms with Gasteiger partial charge in [0.1, 0.15) is 22.7 Å². The molecule has 0 bridgehead atoms. The molecule has 6 heteroatoms. The van der Waals surface area contributed by atoms with E-state index >= 15 is 0 Å². The lowest BCUT2D eigenvalue weighted by molar-refractivity contribution is 0.0697. The van der Waals surface area contributed by atoms with Gasteiger partial charge in [0.05, 0.1) is 6.61 Å². The summed E-state index contributed by atoms with van der Waals surface area (Å²) in [5, 5.41) is 13.1. The van der Waals surface area contributed by atoms with E-state index in [4.69, 9.17) is 9.15 Å². The normalized spacial score (nSPS) is 17.0. The van der Waals surface area contributed by atoms with E-state index < -0.39 is 11.8 Å². The summed E-state index contributed by atoms with van der Waals surface area (Å²) in [6.45, 7) is 2.31. The summed E-state index contributed by atoms with van der Waals surface area (Å²) >= 11 is 0. The monoisotopic (exact) mass is 355 g/mol. The molecule has 5 nitrogen and oxygen atoms in total. The van der Waals surface area contributed by atoms with Crippen LogP contribution in [-0.4, -0.2) is 30.3 Å². The van der Waals surface area contributed by atoms with Gasteiger partial charge in [0.25, 0.3) is 0 Å². The number of carboxylic acids is 1. The molecule has 2 heterocycles. The number of hydrogen-bond donors (Lipinski definition) is 2. The smallest absolute Gasteiger partial charge is 0.339 e. The van der Waals surface area contributed by atoms with Crippen LogP contribution in [0.4, 0.5) is 4.39 Å². The van der Waals surface area contributed by atoms with Gasteiger partial charge in [0, 0.05) is 30.1 Å². The van der Waals surface area contributed by atoms with E-state index in [1.807, 2.05) is 24.3 Å². The van der Waals surface area contributed by atoms with Crippen molar-refractivity contribution < 1.29 is 23.4 Å². The first kappa shape index (κ1) is 16.8. The molecule has 1 atom stereocenters. The zero-order valence-electron chi connectivity index (χ0n) is 14.0. The lowest BCUT2D eigenvalue weighted by Crippen LogP contribution is -2.28. The Morgan fingerprint density at radius 2 is 2.04 bits per heavy atom. The predicted molar refractivity (Wildman–Crippen MR) is 94.6 cm³/mol. The van der Waals surface area contributed by atoms with E-state index in [1.54, 1.807) is 6.07 Å². The van der Waals surface area contributed by atoms with Gasteiger partial charge in [-0.05, 0) is 30.2 Å². The first-order chi connectivity index (χ1) is 12.6. The maximum absolute atomic E-state index is 13.6. The Bertz CT molecular complexity index is 942. The Hall–Kier alpha value is -2.70. The maximum atomic E-state index is 13.6. The zero-order chi connectivity index (χ0) is 18.1. The Morgan fingerprint density at radius 1 is 1.23 bits per heavy atom. The maximum Gasteiger partial charge on any atom is 0.339 e. The number of benzene rings is 2. The highest BCUT2D eigenvalue weighted by molar-refractivity contribution is 6.02. The SMILES string of the molecule is O=C(O)c1cc(F)cc2cc(-c3ccc(CN[C@@H]4CCOC4)cc3)oc12. The molecule has 0 amide bonds. The molecule has 1 aliphatic rings. The van der Waals surface area contributed by atoms with Crippen LogP contribution in [0.2, 0.25) is 0 Å². The molecule has 2 aromatic carbocycles. The van der Waals surface area contributed by atoms with Crippen LogP contribution in [0.25, 0.3) is 22.3 Å². The van der Waals surface area contributed by atoms with Crippen molar-refractivity contribution in [3.8, 4) is 11.3 Å². The van der Waals surface area contributed by atoms with E-state index in [2.05, 4.69) is 5.32 Å². The van der Waals surface area contributed by atoms with Crippen molar-refractivity contribution in [2.24, 2.45) is 0 Å². The first-order valence-electron chi connectivity index (χ1n) is 8.47. The molecule has 0 unspecified atom stereocenters. The zero-order valence-corrected chi connectivity index (χ0v) is 14.0. The number of carbonyl (C=O) groups is 1. The molecule has 134 valence electrons. The highest BCUT2D eigenvalue weighted by Gasteiger charge is 2.17. The molecule has 2 N–H and O–H groups in total. The number of aromatic carboxylic acids is 1. The molecular weight excluding hydrogens is 337 g/mol. The van der Waals surface area contributed by atoms with E-state index in [-0.39, 0.29) is 11.1 Å². The predicted octanol–water partition coefficient (Wildman–Crippen LogP) is 3.82. The van der Waals surface area contributed by atoms with Crippen LogP contribution in [0.1, 0.15) is 22.3 Å². The largest absolute Gasteiger partial charge is 0.478 e. The van der Waals surface area contributed by atoms with E-state index in [9.17, 15) is 14.3 Å². The number of hydrogen-bond acceptors (Lipinski definition) is 4. The standard InChI is InChI=1S/C20H18FNO4/c21-15-7-14-8-18(26-19(14)17(9-15)20(23)24)13-3-1-12(2-4-13)10-22-16-5-6-25-11-16/h1-4,7-9,16,22H,5-6,10-11H2,(H,23,24)/t16-/m1/s1. The van der Waals surface area contributed by atoms with Gasteiger partial charge in [0.2, 0.25) is 0 Å². The summed E-state index contributed by atoms with van der Waals surface area (Å²) in [5.41, 5.74) is 1.95. The molecular formula is C20H18FNO4.